The summed E-state index contributed by atoms with van der Waals surface area (Å²) >= 11 is 0. The zero-order valence-electron chi connectivity index (χ0n) is 26.6. The largest absolute Gasteiger partial charge is 0.573 e. The smallest absolute Gasteiger partial charge is 0.492 e. The molecule has 4 aromatic rings. The van der Waals surface area contributed by atoms with Gasteiger partial charge in [0.05, 0.1) is 11.4 Å². The number of amides is 1. The summed E-state index contributed by atoms with van der Waals surface area (Å²) in [7, 11) is -4.61. The van der Waals surface area contributed by atoms with E-state index in [1.807, 2.05) is 12.1 Å². The monoisotopic (exact) mass is 724 g/mol. The van der Waals surface area contributed by atoms with E-state index in [-0.39, 0.29) is 12.5 Å². The van der Waals surface area contributed by atoms with Crippen molar-refractivity contribution in [3.63, 3.8) is 0 Å². The van der Waals surface area contributed by atoms with E-state index >= 15 is 4.39 Å². The molecule has 1 amide bonds. The standard InChI is InChI=1S/C32H33F5N6O6S/c1-23(44)40-12-14-41(15-13-40)25-3-5-26(6-4-25)48-17-16-43(50(46,47)28-9-7-27(8-10-28)49-32(35,36)37)20-31(45,19-42-22-38-21-39-42)29-11-2-24(33)18-30(29)34/h2-11,18,21-22,45H,12-17,19-20H2,1H3. The van der Waals surface area contributed by atoms with E-state index in [4.69, 9.17) is 4.74 Å². The van der Waals surface area contributed by atoms with Crippen LogP contribution >= 0.6 is 0 Å². The first-order valence-electron chi connectivity index (χ1n) is 15.2. The van der Waals surface area contributed by atoms with Gasteiger partial charge in [-0.2, -0.15) is 9.40 Å². The molecule has 0 bridgehead atoms. The van der Waals surface area contributed by atoms with E-state index in [1.165, 1.54) is 13.3 Å². The van der Waals surface area contributed by atoms with Gasteiger partial charge < -0.3 is 24.4 Å². The molecule has 5 rings (SSSR count). The molecule has 268 valence electrons. The summed E-state index contributed by atoms with van der Waals surface area (Å²) in [5, 5.41) is 15.9. The van der Waals surface area contributed by atoms with Gasteiger partial charge >= 0.3 is 6.36 Å². The molecule has 1 aliphatic heterocycles. The summed E-state index contributed by atoms with van der Waals surface area (Å²) in [5.74, 6) is -2.36. The Morgan fingerprint density at radius 2 is 1.62 bits per heavy atom. The zero-order valence-corrected chi connectivity index (χ0v) is 27.4. The second-order valence-electron chi connectivity index (χ2n) is 11.4. The molecular weight excluding hydrogens is 691 g/mol. The lowest BCUT2D eigenvalue weighted by Gasteiger charge is -2.35. The van der Waals surface area contributed by atoms with Crippen LogP contribution in [0.2, 0.25) is 0 Å². The van der Waals surface area contributed by atoms with E-state index in [2.05, 4.69) is 19.7 Å². The molecule has 1 N–H and O–H groups in total. The lowest BCUT2D eigenvalue weighted by molar-refractivity contribution is -0.274. The first-order valence-corrected chi connectivity index (χ1v) is 16.7. The maximum absolute atomic E-state index is 15.2. The molecule has 0 aliphatic carbocycles. The van der Waals surface area contributed by atoms with Crippen molar-refractivity contribution in [3.05, 3.63) is 96.6 Å². The first-order chi connectivity index (χ1) is 23.6. The summed E-state index contributed by atoms with van der Waals surface area (Å²) in [5.41, 5.74) is -1.90. The molecule has 0 spiro atoms. The number of piperazine rings is 1. The van der Waals surface area contributed by atoms with Crippen molar-refractivity contribution in [2.75, 3.05) is 50.8 Å². The van der Waals surface area contributed by atoms with Crippen molar-refractivity contribution in [2.45, 2.75) is 30.3 Å². The number of nitrogens with zero attached hydrogens (tertiary/aromatic N) is 6. The highest BCUT2D eigenvalue weighted by Gasteiger charge is 2.40. The minimum absolute atomic E-state index is 0.0107. The van der Waals surface area contributed by atoms with E-state index in [0.717, 1.165) is 57.4 Å². The van der Waals surface area contributed by atoms with E-state index < -0.39 is 69.5 Å². The normalized spacial score (nSPS) is 15.2. The van der Waals surface area contributed by atoms with E-state index in [0.29, 0.717) is 38.0 Å². The average Bonchev–Trinajstić information content (AvgIpc) is 3.57. The topological polar surface area (TPSA) is 130 Å². The number of anilines is 1. The highest BCUT2D eigenvalue weighted by Crippen LogP contribution is 2.31. The number of aromatic nitrogens is 3. The molecule has 1 saturated heterocycles. The fourth-order valence-electron chi connectivity index (χ4n) is 5.51. The number of benzene rings is 3. The maximum atomic E-state index is 15.2. The van der Waals surface area contributed by atoms with Gasteiger partial charge in [0, 0.05) is 63.5 Å². The number of carbonyl (C=O) groups excluding carboxylic acids is 1. The number of hydrogen-bond acceptors (Lipinski definition) is 9. The molecule has 0 saturated carbocycles. The first kappa shape index (κ1) is 36.5. The minimum Gasteiger partial charge on any atom is -0.492 e. The van der Waals surface area contributed by atoms with Gasteiger partial charge in [0.15, 0.2) is 0 Å². The molecule has 1 aliphatic rings. The van der Waals surface area contributed by atoms with Gasteiger partial charge in [0.25, 0.3) is 0 Å². The Hall–Kier alpha value is -4.81. The molecule has 2 heterocycles. The van der Waals surface area contributed by atoms with Crippen molar-refractivity contribution >= 4 is 21.6 Å². The molecule has 3 aromatic carbocycles. The summed E-state index contributed by atoms with van der Waals surface area (Å²) < 4.78 is 107. The Kier molecular flexibility index (Phi) is 10.9. The Morgan fingerprint density at radius 3 is 2.20 bits per heavy atom. The molecule has 1 fully saturated rings. The number of carbonyl (C=O) groups is 1. The molecule has 12 nitrogen and oxygen atoms in total. The minimum atomic E-state index is -5.01. The molecule has 50 heavy (non-hydrogen) atoms. The van der Waals surface area contributed by atoms with Gasteiger partial charge in [-0.3, -0.25) is 4.79 Å². The third kappa shape index (κ3) is 9.05. The van der Waals surface area contributed by atoms with Crippen LogP contribution in [0, 0.1) is 11.6 Å². The van der Waals surface area contributed by atoms with Crippen LogP contribution in [-0.4, -0.2) is 95.6 Å². The third-order valence-corrected chi connectivity index (χ3v) is 9.85. The maximum Gasteiger partial charge on any atom is 0.573 e. The van der Waals surface area contributed by atoms with Crippen LogP contribution in [0.4, 0.5) is 27.6 Å². The fourth-order valence-corrected chi connectivity index (χ4v) is 6.98. The zero-order chi connectivity index (χ0) is 36.1. The average molecular weight is 725 g/mol. The Balaban J connectivity index is 1.39. The van der Waals surface area contributed by atoms with Gasteiger partial charge in [-0.15, -0.1) is 13.2 Å². The molecule has 0 radical (unpaired) electrons. The van der Waals surface area contributed by atoms with Gasteiger partial charge in [-0.25, -0.2) is 26.9 Å². The van der Waals surface area contributed by atoms with Crippen LogP contribution in [0.25, 0.3) is 0 Å². The van der Waals surface area contributed by atoms with Crippen LogP contribution in [0.1, 0.15) is 12.5 Å². The SMILES string of the molecule is CC(=O)N1CCN(c2ccc(OCCN(CC(O)(Cn3cncn3)c3ccc(F)cc3F)S(=O)(=O)c3ccc(OC(F)(F)F)cc3)cc2)CC1. The second kappa shape index (κ2) is 15.0. The van der Waals surface area contributed by atoms with Crippen LogP contribution in [-0.2, 0) is 27.0 Å². The Labute approximate surface area is 284 Å². The van der Waals surface area contributed by atoms with Crippen molar-refractivity contribution in [1.82, 2.24) is 24.0 Å². The quantitative estimate of drug-likeness (QED) is 0.205. The second-order valence-corrected chi connectivity index (χ2v) is 13.4. The van der Waals surface area contributed by atoms with Gasteiger partial charge in [-0.05, 0) is 54.6 Å². The Morgan fingerprint density at radius 1 is 0.960 bits per heavy atom. The predicted octanol–water partition coefficient (Wildman–Crippen LogP) is 3.78. The van der Waals surface area contributed by atoms with Crippen LogP contribution in [0.3, 0.4) is 0 Å². The fraction of sp³-hybridized carbons (Fsp3) is 0.344. The summed E-state index contributed by atoms with van der Waals surface area (Å²) in [6, 6.07) is 12.8. The number of hydrogen-bond donors (Lipinski definition) is 1. The van der Waals surface area contributed by atoms with Gasteiger partial charge in [0.1, 0.15) is 48.0 Å². The molecular formula is C32H33F5N6O6S. The summed E-state index contributed by atoms with van der Waals surface area (Å²) in [6.45, 7) is 1.97. The predicted molar refractivity (Wildman–Crippen MR) is 169 cm³/mol. The van der Waals surface area contributed by atoms with Crippen molar-refractivity contribution in [3.8, 4) is 11.5 Å². The third-order valence-electron chi connectivity index (χ3n) is 7.99. The number of aliphatic hydroxyl groups is 1. The highest BCUT2D eigenvalue weighted by molar-refractivity contribution is 7.89. The van der Waals surface area contributed by atoms with Crippen molar-refractivity contribution in [2.24, 2.45) is 0 Å². The molecule has 1 aromatic heterocycles. The van der Waals surface area contributed by atoms with Crippen molar-refractivity contribution in [1.29, 1.82) is 0 Å². The lowest BCUT2D eigenvalue weighted by Crippen LogP contribution is -2.48. The highest BCUT2D eigenvalue weighted by atomic mass is 32.2. The van der Waals surface area contributed by atoms with Crippen LogP contribution in [0.5, 0.6) is 11.5 Å². The van der Waals surface area contributed by atoms with Crippen molar-refractivity contribution < 1.29 is 49.7 Å². The van der Waals surface area contributed by atoms with Gasteiger partial charge in [0.2, 0.25) is 15.9 Å². The number of ether oxygens (including phenoxy) is 2. The summed E-state index contributed by atoms with van der Waals surface area (Å²) in [6.07, 6.45) is -2.66. The van der Waals surface area contributed by atoms with Crippen LogP contribution < -0.4 is 14.4 Å². The lowest BCUT2D eigenvalue weighted by atomic mass is 9.92. The molecule has 18 heteroatoms. The summed E-state index contributed by atoms with van der Waals surface area (Å²) in [4.78, 5) is 18.8. The van der Waals surface area contributed by atoms with Crippen LogP contribution in [0.15, 0.2) is 84.3 Å². The van der Waals surface area contributed by atoms with E-state index in [9.17, 15) is 35.9 Å². The molecule has 1 unspecified atom stereocenters. The number of halogens is 5. The molecule has 1 atom stereocenters. The van der Waals surface area contributed by atoms with Gasteiger partial charge in [-0.1, -0.05) is 6.07 Å². The number of rotatable bonds is 13. The Bertz CT molecular complexity index is 1860. The number of sulfonamides is 1. The number of alkyl halides is 3. The van der Waals surface area contributed by atoms with E-state index in [1.54, 1.807) is 17.0 Å².